The van der Waals surface area contributed by atoms with E-state index in [2.05, 4.69) is 24.1 Å². The van der Waals surface area contributed by atoms with Crippen molar-refractivity contribution in [3.05, 3.63) is 0 Å². The predicted molar refractivity (Wildman–Crippen MR) is 62.0 cm³/mol. The van der Waals surface area contributed by atoms with E-state index < -0.39 is 12.0 Å². The summed E-state index contributed by atoms with van der Waals surface area (Å²) >= 11 is 0. The third kappa shape index (κ3) is 6.47. The highest BCUT2D eigenvalue weighted by molar-refractivity contribution is 5.72. The molecule has 0 aliphatic rings. The van der Waals surface area contributed by atoms with Crippen molar-refractivity contribution >= 4 is 5.97 Å². The quantitative estimate of drug-likeness (QED) is 0.667. The van der Waals surface area contributed by atoms with Crippen molar-refractivity contribution in [2.24, 2.45) is 5.92 Å². The smallest absolute Gasteiger partial charge is 0.320 e. The van der Waals surface area contributed by atoms with Crippen molar-refractivity contribution in [1.82, 2.24) is 10.2 Å². The Bertz CT molecular complexity index is 193. The van der Waals surface area contributed by atoms with E-state index in [0.29, 0.717) is 12.0 Å². The SMILES string of the molecule is CC(C)CC(CNC(C)C(=O)O)N(C)C. The number of carboxylic acid groups (broad SMARTS) is 1. The van der Waals surface area contributed by atoms with Crippen LogP contribution in [0.25, 0.3) is 0 Å². The number of aliphatic carboxylic acids is 1. The molecule has 0 aliphatic carbocycles. The number of likely N-dealkylation sites (N-methyl/N-ethyl adjacent to an activating group) is 1. The maximum atomic E-state index is 10.6. The van der Waals surface area contributed by atoms with Gasteiger partial charge in [0, 0.05) is 12.6 Å². The molecule has 0 saturated heterocycles. The number of hydrogen-bond acceptors (Lipinski definition) is 3. The van der Waals surface area contributed by atoms with Crippen LogP contribution in [0.5, 0.6) is 0 Å². The molecule has 0 spiro atoms. The Morgan fingerprint density at radius 1 is 1.33 bits per heavy atom. The molecule has 0 rings (SSSR count). The molecule has 2 N–H and O–H groups in total. The molecule has 0 amide bonds. The minimum atomic E-state index is -0.794. The largest absolute Gasteiger partial charge is 0.480 e. The van der Waals surface area contributed by atoms with Crippen LogP contribution in [0, 0.1) is 5.92 Å². The zero-order valence-corrected chi connectivity index (χ0v) is 10.4. The fourth-order valence-electron chi connectivity index (χ4n) is 1.42. The molecule has 0 heterocycles. The molecule has 0 aromatic heterocycles. The van der Waals surface area contributed by atoms with E-state index in [1.165, 1.54) is 0 Å². The lowest BCUT2D eigenvalue weighted by Gasteiger charge is -2.27. The highest BCUT2D eigenvalue weighted by Gasteiger charge is 2.16. The second kappa shape index (κ2) is 6.80. The normalized spacial score (nSPS) is 15.7. The first-order valence-corrected chi connectivity index (χ1v) is 5.47. The van der Waals surface area contributed by atoms with Gasteiger partial charge in [-0.1, -0.05) is 13.8 Å². The lowest BCUT2D eigenvalue weighted by molar-refractivity contribution is -0.139. The average Bonchev–Trinajstić information content (AvgIpc) is 2.10. The van der Waals surface area contributed by atoms with Crippen molar-refractivity contribution < 1.29 is 9.90 Å². The van der Waals surface area contributed by atoms with Gasteiger partial charge in [0.05, 0.1) is 0 Å². The summed E-state index contributed by atoms with van der Waals surface area (Å²) in [5.41, 5.74) is 0. The third-order valence-corrected chi connectivity index (χ3v) is 2.50. The summed E-state index contributed by atoms with van der Waals surface area (Å²) < 4.78 is 0. The molecule has 0 aromatic rings. The molecule has 0 radical (unpaired) electrons. The number of nitrogens with zero attached hydrogens (tertiary/aromatic N) is 1. The van der Waals surface area contributed by atoms with Crippen molar-refractivity contribution in [3.8, 4) is 0 Å². The van der Waals surface area contributed by atoms with Gasteiger partial charge in [-0.3, -0.25) is 4.79 Å². The fraction of sp³-hybridized carbons (Fsp3) is 0.909. The van der Waals surface area contributed by atoms with Gasteiger partial charge in [0.25, 0.3) is 0 Å². The number of rotatable bonds is 7. The van der Waals surface area contributed by atoms with Crippen LogP contribution in [0.3, 0.4) is 0 Å². The van der Waals surface area contributed by atoms with E-state index in [0.717, 1.165) is 13.0 Å². The first-order valence-electron chi connectivity index (χ1n) is 5.47. The van der Waals surface area contributed by atoms with Gasteiger partial charge in [-0.25, -0.2) is 0 Å². The number of carboxylic acids is 1. The van der Waals surface area contributed by atoms with E-state index >= 15 is 0 Å². The Morgan fingerprint density at radius 2 is 1.87 bits per heavy atom. The van der Waals surface area contributed by atoms with Gasteiger partial charge in [0.2, 0.25) is 0 Å². The molecule has 0 aromatic carbocycles. The van der Waals surface area contributed by atoms with Crippen LogP contribution in [0.15, 0.2) is 0 Å². The minimum Gasteiger partial charge on any atom is -0.480 e. The highest BCUT2D eigenvalue weighted by atomic mass is 16.4. The predicted octanol–water partition coefficient (Wildman–Crippen LogP) is 1.03. The molecule has 15 heavy (non-hydrogen) atoms. The van der Waals surface area contributed by atoms with Crippen LogP contribution in [-0.4, -0.2) is 48.7 Å². The Hall–Kier alpha value is -0.610. The first-order chi connectivity index (χ1) is 6.84. The van der Waals surface area contributed by atoms with Gasteiger partial charge in [0.1, 0.15) is 6.04 Å². The first kappa shape index (κ1) is 14.4. The zero-order valence-electron chi connectivity index (χ0n) is 10.4. The Labute approximate surface area is 92.7 Å². The molecule has 0 fully saturated rings. The van der Waals surface area contributed by atoms with Crippen LogP contribution in [0.2, 0.25) is 0 Å². The summed E-state index contributed by atoms with van der Waals surface area (Å²) in [7, 11) is 4.06. The van der Waals surface area contributed by atoms with Crippen molar-refractivity contribution in [1.29, 1.82) is 0 Å². The standard InChI is InChI=1S/C11H24N2O2/c1-8(2)6-10(13(4)5)7-12-9(3)11(14)15/h8-10,12H,6-7H2,1-5H3,(H,14,15). The molecular weight excluding hydrogens is 192 g/mol. The maximum Gasteiger partial charge on any atom is 0.320 e. The molecule has 0 saturated carbocycles. The topological polar surface area (TPSA) is 52.6 Å². The minimum absolute atomic E-state index is 0.395. The van der Waals surface area contributed by atoms with Crippen molar-refractivity contribution in [2.45, 2.75) is 39.3 Å². The summed E-state index contributed by atoms with van der Waals surface area (Å²) in [5.74, 6) is -0.170. The number of carbonyl (C=O) groups is 1. The molecule has 2 atom stereocenters. The third-order valence-electron chi connectivity index (χ3n) is 2.50. The highest BCUT2D eigenvalue weighted by Crippen LogP contribution is 2.08. The zero-order chi connectivity index (χ0) is 12.0. The van der Waals surface area contributed by atoms with Crippen molar-refractivity contribution in [3.63, 3.8) is 0 Å². The fourth-order valence-corrected chi connectivity index (χ4v) is 1.42. The average molecular weight is 216 g/mol. The summed E-state index contributed by atoms with van der Waals surface area (Å²) in [5, 5.41) is 11.8. The van der Waals surface area contributed by atoms with E-state index in [4.69, 9.17) is 5.11 Å². The summed E-state index contributed by atoms with van der Waals surface area (Å²) in [6.45, 7) is 6.75. The number of nitrogens with one attached hydrogen (secondary N) is 1. The second-order valence-electron chi connectivity index (χ2n) is 4.72. The lowest BCUT2D eigenvalue weighted by Crippen LogP contribution is -2.44. The second-order valence-corrected chi connectivity index (χ2v) is 4.72. The van der Waals surface area contributed by atoms with Crippen LogP contribution >= 0.6 is 0 Å². The molecule has 90 valence electrons. The lowest BCUT2D eigenvalue weighted by atomic mass is 10.0. The van der Waals surface area contributed by atoms with E-state index in [-0.39, 0.29) is 0 Å². The molecular formula is C11H24N2O2. The molecule has 0 bridgehead atoms. The Balaban J connectivity index is 4.01. The van der Waals surface area contributed by atoms with Crippen LogP contribution in [0.1, 0.15) is 27.2 Å². The van der Waals surface area contributed by atoms with Gasteiger partial charge in [-0.2, -0.15) is 0 Å². The molecule has 2 unspecified atom stereocenters. The van der Waals surface area contributed by atoms with E-state index in [1.807, 2.05) is 14.1 Å². The number of hydrogen-bond donors (Lipinski definition) is 2. The summed E-state index contributed by atoms with van der Waals surface area (Å²) in [6, 6.07) is -0.0774. The van der Waals surface area contributed by atoms with Crippen LogP contribution in [0.4, 0.5) is 0 Å². The maximum absolute atomic E-state index is 10.6. The van der Waals surface area contributed by atoms with Gasteiger partial charge >= 0.3 is 5.97 Å². The monoisotopic (exact) mass is 216 g/mol. The van der Waals surface area contributed by atoms with Crippen molar-refractivity contribution in [2.75, 3.05) is 20.6 Å². The summed E-state index contributed by atoms with van der Waals surface area (Å²) in [6.07, 6.45) is 1.08. The van der Waals surface area contributed by atoms with Gasteiger partial charge < -0.3 is 15.3 Å². The molecule has 4 heteroatoms. The van der Waals surface area contributed by atoms with Gasteiger partial charge in [0.15, 0.2) is 0 Å². The van der Waals surface area contributed by atoms with Crippen LogP contribution in [-0.2, 0) is 4.79 Å². The Morgan fingerprint density at radius 3 is 2.20 bits per heavy atom. The Kier molecular flexibility index (Phi) is 6.52. The van der Waals surface area contributed by atoms with Crippen LogP contribution < -0.4 is 5.32 Å². The molecule has 0 aliphatic heterocycles. The summed E-state index contributed by atoms with van der Waals surface area (Å²) in [4.78, 5) is 12.8. The molecule has 4 nitrogen and oxygen atoms in total. The van der Waals surface area contributed by atoms with Gasteiger partial charge in [-0.15, -0.1) is 0 Å². The van der Waals surface area contributed by atoms with E-state index in [1.54, 1.807) is 6.92 Å². The van der Waals surface area contributed by atoms with Gasteiger partial charge in [-0.05, 0) is 33.4 Å². The van der Waals surface area contributed by atoms with E-state index in [9.17, 15) is 4.79 Å².